The fourth-order valence-electron chi connectivity index (χ4n) is 6.50. The van der Waals surface area contributed by atoms with Crippen molar-refractivity contribution >= 4 is 61.1 Å². The Balaban J connectivity index is 1.26. The van der Waals surface area contributed by atoms with Crippen LogP contribution in [-0.4, -0.2) is 9.55 Å². The first-order valence-electron chi connectivity index (χ1n) is 15.1. The third kappa shape index (κ3) is 4.19. The molecular weight excluding hydrogens is 550 g/mol. The standard InChI is InChI=1S/C41H27N3O/c1-3-11-28(12-4-1)29-19-22-32(23-20-29)43(41-42-37-25-21-30-13-7-8-16-34(30)40(37)45-41)33-24-26-39-36(27-33)35-17-9-10-18-38(35)44(39)31-14-5-2-6-15-31/h1-27H. The van der Waals surface area contributed by atoms with Crippen LogP contribution in [-0.2, 0) is 0 Å². The van der Waals surface area contributed by atoms with E-state index in [0.29, 0.717) is 6.01 Å². The molecule has 0 aliphatic heterocycles. The van der Waals surface area contributed by atoms with E-state index in [0.717, 1.165) is 50.0 Å². The van der Waals surface area contributed by atoms with Crippen molar-refractivity contribution in [3.63, 3.8) is 0 Å². The number of nitrogens with zero attached hydrogens (tertiary/aromatic N) is 3. The van der Waals surface area contributed by atoms with Crippen LogP contribution in [0.2, 0.25) is 0 Å². The van der Waals surface area contributed by atoms with Gasteiger partial charge in [-0.25, -0.2) is 0 Å². The molecule has 9 rings (SSSR count). The van der Waals surface area contributed by atoms with E-state index < -0.39 is 0 Å². The lowest BCUT2D eigenvalue weighted by Crippen LogP contribution is -2.10. The molecule has 2 aromatic heterocycles. The first-order valence-corrected chi connectivity index (χ1v) is 15.1. The molecule has 0 saturated carbocycles. The zero-order chi connectivity index (χ0) is 29.7. The molecule has 0 radical (unpaired) electrons. The lowest BCUT2D eigenvalue weighted by molar-refractivity contribution is 0.611. The van der Waals surface area contributed by atoms with Crippen molar-refractivity contribution in [3.05, 3.63) is 164 Å². The topological polar surface area (TPSA) is 34.2 Å². The number of rotatable bonds is 5. The highest BCUT2D eigenvalue weighted by atomic mass is 16.4. The maximum atomic E-state index is 6.65. The second kappa shape index (κ2) is 10.2. The summed E-state index contributed by atoms with van der Waals surface area (Å²) in [5.41, 5.74) is 9.35. The van der Waals surface area contributed by atoms with Crippen LogP contribution >= 0.6 is 0 Å². The third-order valence-corrected chi connectivity index (χ3v) is 8.62. The van der Waals surface area contributed by atoms with Crippen molar-refractivity contribution in [3.8, 4) is 16.8 Å². The maximum absolute atomic E-state index is 6.65. The second-order valence-corrected chi connectivity index (χ2v) is 11.3. The van der Waals surface area contributed by atoms with Gasteiger partial charge in [0.2, 0.25) is 0 Å². The summed E-state index contributed by atoms with van der Waals surface area (Å²) in [7, 11) is 0. The van der Waals surface area contributed by atoms with Gasteiger partial charge in [0.1, 0.15) is 5.52 Å². The molecule has 0 aliphatic rings. The van der Waals surface area contributed by atoms with Gasteiger partial charge in [-0.1, -0.05) is 109 Å². The molecule has 9 aromatic rings. The summed E-state index contributed by atoms with van der Waals surface area (Å²) in [6.45, 7) is 0. The molecule has 212 valence electrons. The van der Waals surface area contributed by atoms with Gasteiger partial charge >= 0.3 is 6.01 Å². The normalized spacial score (nSPS) is 11.6. The van der Waals surface area contributed by atoms with Crippen LogP contribution in [0.3, 0.4) is 0 Å². The minimum atomic E-state index is 0.528. The van der Waals surface area contributed by atoms with Crippen LogP contribution in [0.15, 0.2) is 168 Å². The van der Waals surface area contributed by atoms with Gasteiger partial charge in [0.05, 0.1) is 22.4 Å². The van der Waals surface area contributed by atoms with Crippen molar-refractivity contribution in [2.45, 2.75) is 0 Å². The van der Waals surface area contributed by atoms with E-state index in [1.165, 1.54) is 21.9 Å². The summed E-state index contributed by atoms with van der Waals surface area (Å²) in [6.07, 6.45) is 0. The van der Waals surface area contributed by atoms with Gasteiger partial charge in [0, 0.05) is 21.8 Å². The zero-order valence-corrected chi connectivity index (χ0v) is 24.3. The number of hydrogen-bond acceptors (Lipinski definition) is 3. The van der Waals surface area contributed by atoms with Crippen LogP contribution in [0.25, 0.3) is 60.5 Å². The Morgan fingerprint density at radius 3 is 1.96 bits per heavy atom. The highest BCUT2D eigenvalue weighted by Crippen LogP contribution is 2.41. The zero-order valence-electron chi connectivity index (χ0n) is 24.3. The van der Waals surface area contributed by atoms with Crippen molar-refractivity contribution in [1.29, 1.82) is 0 Å². The largest absolute Gasteiger partial charge is 0.422 e. The summed E-state index contributed by atoms with van der Waals surface area (Å²) in [5.74, 6) is 0. The molecule has 2 heterocycles. The van der Waals surface area contributed by atoms with E-state index in [4.69, 9.17) is 9.40 Å². The Morgan fingerprint density at radius 2 is 1.13 bits per heavy atom. The molecule has 0 bridgehead atoms. The summed E-state index contributed by atoms with van der Waals surface area (Å²) in [6, 6.07) is 57.8. The average Bonchev–Trinajstić information content (AvgIpc) is 3.69. The van der Waals surface area contributed by atoms with Gasteiger partial charge in [-0.15, -0.1) is 0 Å². The number of para-hydroxylation sites is 2. The monoisotopic (exact) mass is 577 g/mol. The third-order valence-electron chi connectivity index (χ3n) is 8.62. The second-order valence-electron chi connectivity index (χ2n) is 11.3. The van der Waals surface area contributed by atoms with Gasteiger partial charge in [-0.2, -0.15) is 4.98 Å². The highest BCUT2D eigenvalue weighted by molar-refractivity contribution is 6.11. The Hall–Kier alpha value is -6.13. The van der Waals surface area contributed by atoms with Gasteiger partial charge in [0.25, 0.3) is 0 Å². The Labute approximate surface area is 260 Å². The highest BCUT2D eigenvalue weighted by Gasteiger charge is 2.22. The molecule has 0 aliphatic carbocycles. The van der Waals surface area contributed by atoms with Crippen molar-refractivity contribution in [2.24, 2.45) is 0 Å². The predicted molar refractivity (Wildman–Crippen MR) is 186 cm³/mol. The Bertz CT molecular complexity index is 2480. The van der Waals surface area contributed by atoms with Crippen LogP contribution < -0.4 is 4.90 Å². The molecule has 0 atom stereocenters. The van der Waals surface area contributed by atoms with E-state index >= 15 is 0 Å². The first-order chi connectivity index (χ1) is 22.3. The molecule has 7 aromatic carbocycles. The summed E-state index contributed by atoms with van der Waals surface area (Å²) >= 11 is 0. The van der Waals surface area contributed by atoms with Crippen molar-refractivity contribution in [1.82, 2.24) is 9.55 Å². The fourth-order valence-corrected chi connectivity index (χ4v) is 6.50. The molecule has 0 spiro atoms. The molecule has 4 heteroatoms. The molecule has 0 fully saturated rings. The number of anilines is 3. The Morgan fingerprint density at radius 1 is 0.489 bits per heavy atom. The minimum absolute atomic E-state index is 0.528. The van der Waals surface area contributed by atoms with E-state index in [2.05, 4.69) is 149 Å². The van der Waals surface area contributed by atoms with E-state index in [1.807, 2.05) is 24.3 Å². The van der Waals surface area contributed by atoms with Crippen LogP contribution in [0.1, 0.15) is 0 Å². The van der Waals surface area contributed by atoms with Crippen molar-refractivity contribution in [2.75, 3.05) is 4.90 Å². The molecule has 4 nitrogen and oxygen atoms in total. The average molecular weight is 578 g/mol. The Kier molecular flexibility index (Phi) is 5.78. The minimum Gasteiger partial charge on any atom is -0.422 e. The molecule has 45 heavy (non-hydrogen) atoms. The van der Waals surface area contributed by atoms with E-state index in [1.54, 1.807) is 0 Å². The van der Waals surface area contributed by atoms with Gasteiger partial charge < -0.3 is 8.98 Å². The quantitative estimate of drug-likeness (QED) is 0.204. The first kappa shape index (κ1) is 25.4. The summed E-state index contributed by atoms with van der Waals surface area (Å²) < 4.78 is 8.98. The van der Waals surface area contributed by atoms with E-state index in [-0.39, 0.29) is 0 Å². The smallest absolute Gasteiger partial charge is 0.307 e. The number of aromatic nitrogens is 2. The van der Waals surface area contributed by atoms with Crippen molar-refractivity contribution < 1.29 is 4.42 Å². The molecular formula is C41H27N3O. The summed E-state index contributed by atoms with van der Waals surface area (Å²) in [5, 5.41) is 4.54. The molecule has 0 unspecified atom stereocenters. The van der Waals surface area contributed by atoms with Gasteiger partial charge in [-0.3, -0.25) is 4.90 Å². The fraction of sp³-hybridized carbons (Fsp3) is 0. The maximum Gasteiger partial charge on any atom is 0.307 e. The number of fused-ring (bicyclic) bond motifs is 6. The summed E-state index contributed by atoms with van der Waals surface area (Å²) in [4.78, 5) is 7.17. The van der Waals surface area contributed by atoms with Gasteiger partial charge in [0.15, 0.2) is 5.58 Å². The van der Waals surface area contributed by atoms with Gasteiger partial charge in [-0.05, 0) is 71.1 Å². The number of hydrogen-bond donors (Lipinski definition) is 0. The lowest BCUT2D eigenvalue weighted by Gasteiger charge is -2.21. The van der Waals surface area contributed by atoms with E-state index in [9.17, 15) is 0 Å². The predicted octanol–water partition coefficient (Wildman–Crippen LogP) is 11.2. The molecule has 0 saturated heterocycles. The number of oxazole rings is 1. The number of benzene rings is 7. The van der Waals surface area contributed by atoms with Crippen LogP contribution in [0, 0.1) is 0 Å². The van der Waals surface area contributed by atoms with Crippen LogP contribution in [0.4, 0.5) is 17.4 Å². The lowest BCUT2D eigenvalue weighted by atomic mass is 10.1. The SMILES string of the molecule is c1ccc(-c2ccc(N(c3ccc4c(c3)c3ccccc3n4-c3ccccc3)c3nc4ccc5ccccc5c4o3)cc2)cc1. The molecule has 0 N–H and O–H groups in total. The van der Waals surface area contributed by atoms with Crippen LogP contribution in [0.5, 0.6) is 0 Å². The molecule has 0 amide bonds.